The molecule has 0 spiro atoms. The molecule has 0 fully saturated rings. The van der Waals surface area contributed by atoms with Crippen molar-refractivity contribution in [3.8, 4) is 5.88 Å². The van der Waals surface area contributed by atoms with Crippen LogP contribution in [0.2, 0.25) is 0 Å². The minimum atomic E-state index is -2.77. The Balaban J connectivity index is 1.91. The number of nitrogens with one attached hydrogen (secondary N) is 1. The van der Waals surface area contributed by atoms with Gasteiger partial charge in [0.2, 0.25) is 5.88 Å². The van der Waals surface area contributed by atoms with Gasteiger partial charge < -0.3 is 15.8 Å². The number of aliphatic imine (C=N–C) groups is 1. The lowest BCUT2D eigenvalue weighted by atomic mass is 9.91. The van der Waals surface area contributed by atoms with Crippen LogP contribution < -0.4 is 15.8 Å². The molecule has 1 atom stereocenters. The number of halogens is 3. The quantitative estimate of drug-likeness (QED) is 0.765. The third kappa shape index (κ3) is 4.50. The summed E-state index contributed by atoms with van der Waals surface area (Å²) < 4.78 is 45.7. The van der Waals surface area contributed by atoms with Gasteiger partial charge in [-0.2, -0.15) is 0 Å². The Labute approximate surface area is 168 Å². The number of rotatable bonds is 5. The first-order chi connectivity index (χ1) is 13.7. The van der Waals surface area contributed by atoms with Crippen molar-refractivity contribution < 1.29 is 22.7 Å². The third-order valence-corrected chi connectivity index (χ3v) is 4.87. The Hall–Kier alpha value is -3.08. The molecule has 3 rings (SSSR count). The number of allylic oxidation sites excluding steroid dienone is 1. The molecule has 29 heavy (non-hydrogen) atoms. The molecule has 2 aromatic rings. The summed E-state index contributed by atoms with van der Waals surface area (Å²) in [6.07, 6.45) is 0.895. The van der Waals surface area contributed by atoms with Gasteiger partial charge in [0.1, 0.15) is 17.1 Å². The van der Waals surface area contributed by atoms with Crippen LogP contribution in [0.1, 0.15) is 23.0 Å². The molecule has 152 valence electrons. The van der Waals surface area contributed by atoms with Gasteiger partial charge in [-0.15, -0.1) is 0 Å². The number of amides is 1. The Morgan fingerprint density at radius 3 is 2.69 bits per heavy atom. The van der Waals surface area contributed by atoms with Gasteiger partial charge in [-0.3, -0.25) is 4.79 Å². The zero-order valence-corrected chi connectivity index (χ0v) is 16.1. The Morgan fingerprint density at radius 1 is 1.31 bits per heavy atom. The molecular formula is C18H16F3N5O2S. The molecule has 0 saturated carbocycles. The first-order valence-electron chi connectivity index (χ1n) is 8.23. The van der Waals surface area contributed by atoms with Crippen LogP contribution >= 0.6 is 11.8 Å². The second kappa shape index (κ2) is 8.11. The molecule has 1 aliphatic rings. The van der Waals surface area contributed by atoms with Crippen molar-refractivity contribution >= 4 is 28.5 Å². The number of anilines is 1. The van der Waals surface area contributed by atoms with Crippen LogP contribution in [-0.2, 0) is 5.54 Å². The summed E-state index contributed by atoms with van der Waals surface area (Å²) >= 11 is 0.634. The third-order valence-electron chi connectivity index (χ3n) is 4.04. The second-order valence-corrected chi connectivity index (χ2v) is 7.23. The van der Waals surface area contributed by atoms with Gasteiger partial charge in [-0.25, -0.2) is 28.1 Å². The fourth-order valence-corrected chi connectivity index (χ4v) is 3.54. The number of aromatic nitrogens is 2. The summed E-state index contributed by atoms with van der Waals surface area (Å²) in [6, 6.07) is 3.76. The van der Waals surface area contributed by atoms with Gasteiger partial charge in [0.05, 0.1) is 24.4 Å². The number of ether oxygens (including phenoxy) is 1. The molecule has 0 bridgehead atoms. The van der Waals surface area contributed by atoms with Crippen LogP contribution in [0.5, 0.6) is 5.88 Å². The van der Waals surface area contributed by atoms with Crippen molar-refractivity contribution in [3.63, 3.8) is 0 Å². The smallest absolute Gasteiger partial charge is 0.275 e. The Morgan fingerprint density at radius 2 is 2.07 bits per heavy atom. The van der Waals surface area contributed by atoms with Crippen molar-refractivity contribution in [2.75, 3.05) is 12.4 Å². The van der Waals surface area contributed by atoms with Crippen molar-refractivity contribution in [1.82, 2.24) is 9.97 Å². The number of hydrogen-bond donors (Lipinski definition) is 2. The average molecular weight is 423 g/mol. The summed E-state index contributed by atoms with van der Waals surface area (Å²) in [5.74, 6) is -1.03. The number of methoxy groups -OCH3 is 1. The number of carbonyl (C=O) groups excluding carboxylic acids is 1. The van der Waals surface area contributed by atoms with Gasteiger partial charge in [0.15, 0.2) is 5.17 Å². The number of nitrogens with zero attached hydrogens (tertiary/aromatic N) is 3. The molecule has 1 aromatic carbocycles. The molecule has 0 radical (unpaired) electrons. The first-order valence-corrected chi connectivity index (χ1v) is 9.05. The molecule has 0 unspecified atom stereocenters. The van der Waals surface area contributed by atoms with Crippen molar-refractivity contribution in [1.29, 1.82) is 0 Å². The molecule has 7 nitrogen and oxygen atoms in total. The van der Waals surface area contributed by atoms with E-state index in [1.165, 1.54) is 38.6 Å². The van der Waals surface area contributed by atoms with Crippen LogP contribution in [-0.4, -0.2) is 34.6 Å². The largest absolute Gasteiger partial charge is 0.480 e. The van der Waals surface area contributed by atoms with Crippen LogP contribution in [0, 0.1) is 5.82 Å². The number of amidine groups is 1. The summed E-state index contributed by atoms with van der Waals surface area (Å²) in [4.78, 5) is 24.0. The molecule has 1 aromatic heterocycles. The molecular weight excluding hydrogens is 407 g/mol. The van der Waals surface area contributed by atoms with Crippen molar-refractivity contribution in [3.05, 3.63) is 58.6 Å². The summed E-state index contributed by atoms with van der Waals surface area (Å²) in [5.41, 5.74) is 4.44. The monoisotopic (exact) mass is 423 g/mol. The van der Waals surface area contributed by atoms with E-state index in [-0.39, 0.29) is 32.9 Å². The molecule has 3 N–H and O–H groups in total. The van der Waals surface area contributed by atoms with Crippen LogP contribution in [0.4, 0.5) is 18.9 Å². The number of benzene rings is 1. The lowest BCUT2D eigenvalue weighted by molar-refractivity contribution is 0.102. The van der Waals surface area contributed by atoms with Crippen molar-refractivity contribution in [2.24, 2.45) is 10.7 Å². The fourth-order valence-electron chi connectivity index (χ4n) is 2.68. The van der Waals surface area contributed by atoms with E-state index in [4.69, 9.17) is 10.5 Å². The van der Waals surface area contributed by atoms with Crippen LogP contribution in [0.15, 0.2) is 46.6 Å². The van der Waals surface area contributed by atoms with E-state index in [2.05, 4.69) is 20.3 Å². The molecule has 1 aliphatic heterocycles. The van der Waals surface area contributed by atoms with E-state index in [1.54, 1.807) is 0 Å². The predicted octanol–water partition coefficient (Wildman–Crippen LogP) is 3.30. The summed E-state index contributed by atoms with van der Waals surface area (Å²) in [6.45, 7) is 1.46. The SMILES string of the molecule is COc1cnc(C(=O)Nc2ccc(F)c([C@]3(C)C=C(C(F)F)SC(N)=N3)c2)cn1. The van der Waals surface area contributed by atoms with E-state index >= 15 is 0 Å². The zero-order valence-electron chi connectivity index (χ0n) is 15.3. The number of alkyl halides is 2. The average Bonchev–Trinajstić information content (AvgIpc) is 2.68. The standard InChI is InChI=1S/C18H16F3N5O2S/c1-18(6-13(15(20)21)29-17(22)26-18)10-5-9(3-4-11(10)19)25-16(27)12-7-24-14(28-2)8-23-12/h3-8,15H,1-2H3,(H2,22,26)(H,25,27)/t18-/m0/s1. The molecule has 1 amide bonds. The topological polar surface area (TPSA) is 102 Å². The molecule has 2 heterocycles. The normalized spacial score (nSPS) is 18.8. The van der Waals surface area contributed by atoms with E-state index in [0.717, 1.165) is 12.1 Å². The number of nitrogens with two attached hydrogens (primary N) is 1. The minimum Gasteiger partial charge on any atom is -0.480 e. The van der Waals surface area contributed by atoms with E-state index in [1.807, 2.05) is 0 Å². The van der Waals surface area contributed by atoms with Crippen molar-refractivity contribution in [2.45, 2.75) is 18.9 Å². The number of hydrogen-bond acceptors (Lipinski definition) is 7. The Bertz CT molecular complexity index is 997. The maximum Gasteiger partial charge on any atom is 0.275 e. The maximum atomic E-state index is 14.5. The summed E-state index contributed by atoms with van der Waals surface area (Å²) in [7, 11) is 1.41. The zero-order chi connectivity index (χ0) is 21.2. The molecule has 11 heteroatoms. The van der Waals surface area contributed by atoms with Crippen LogP contribution in [0.3, 0.4) is 0 Å². The van der Waals surface area contributed by atoms with Crippen LogP contribution in [0.25, 0.3) is 0 Å². The minimum absolute atomic E-state index is 0.0131. The first kappa shape index (κ1) is 20.6. The predicted molar refractivity (Wildman–Crippen MR) is 104 cm³/mol. The highest BCUT2D eigenvalue weighted by Gasteiger charge is 2.34. The Kier molecular flexibility index (Phi) is 5.78. The van der Waals surface area contributed by atoms with E-state index in [0.29, 0.717) is 11.8 Å². The molecule has 0 saturated heterocycles. The highest BCUT2D eigenvalue weighted by molar-refractivity contribution is 8.17. The van der Waals surface area contributed by atoms with Gasteiger partial charge >= 0.3 is 0 Å². The fraction of sp³-hybridized carbons (Fsp3) is 0.222. The number of thioether (sulfide) groups is 1. The van der Waals surface area contributed by atoms with Gasteiger partial charge in [0.25, 0.3) is 12.3 Å². The van der Waals surface area contributed by atoms with E-state index < -0.39 is 23.7 Å². The van der Waals surface area contributed by atoms with Gasteiger partial charge in [-0.1, -0.05) is 11.8 Å². The van der Waals surface area contributed by atoms with Gasteiger partial charge in [-0.05, 0) is 31.2 Å². The lowest BCUT2D eigenvalue weighted by Gasteiger charge is -2.28. The number of carbonyl (C=O) groups is 1. The van der Waals surface area contributed by atoms with E-state index in [9.17, 15) is 18.0 Å². The molecule has 0 aliphatic carbocycles. The lowest BCUT2D eigenvalue weighted by Crippen LogP contribution is -2.27. The highest BCUT2D eigenvalue weighted by atomic mass is 32.2. The highest BCUT2D eigenvalue weighted by Crippen LogP contribution is 2.40. The second-order valence-electron chi connectivity index (χ2n) is 6.14. The summed E-state index contributed by atoms with van der Waals surface area (Å²) in [5, 5.41) is 2.46. The van der Waals surface area contributed by atoms with Gasteiger partial charge in [0, 0.05) is 11.3 Å². The maximum absolute atomic E-state index is 14.5.